The number of hydrogen-bond acceptors (Lipinski definition) is 4. The number of H-pyrrole nitrogens is 1. The van der Waals surface area contributed by atoms with Gasteiger partial charge in [0.1, 0.15) is 11.3 Å². The van der Waals surface area contributed by atoms with Gasteiger partial charge in [0.2, 0.25) is 11.8 Å². The molecule has 0 aliphatic rings. The van der Waals surface area contributed by atoms with Gasteiger partial charge in [-0.3, -0.25) is 14.4 Å². The number of carbonyl (C=O) groups excluding carboxylic acids is 3. The molecule has 5 N–H and O–H groups in total. The van der Waals surface area contributed by atoms with Crippen LogP contribution in [0.25, 0.3) is 22.4 Å². The smallest absolute Gasteiger partial charge is 0.250 e. The summed E-state index contributed by atoms with van der Waals surface area (Å²) in [6.45, 7) is 0. The summed E-state index contributed by atoms with van der Waals surface area (Å²) in [6, 6.07) is 21.6. The monoisotopic (exact) mass is 441 g/mol. The first-order valence-electron chi connectivity index (χ1n) is 10.5. The summed E-state index contributed by atoms with van der Waals surface area (Å²) in [7, 11) is 0. The molecule has 0 unspecified atom stereocenters. The molecule has 1 aromatic heterocycles. The van der Waals surface area contributed by atoms with Crippen LogP contribution in [0.5, 0.6) is 0 Å². The van der Waals surface area contributed by atoms with E-state index in [2.05, 4.69) is 20.6 Å². The average Bonchev–Trinajstić information content (AvgIpc) is 3.24. The molecule has 0 aliphatic heterocycles. The van der Waals surface area contributed by atoms with E-state index in [0.717, 1.165) is 11.3 Å². The molecule has 0 fully saturated rings. The summed E-state index contributed by atoms with van der Waals surface area (Å²) in [5.74, 6) is -0.291. The fourth-order valence-corrected chi connectivity index (χ4v) is 3.49. The van der Waals surface area contributed by atoms with Crippen molar-refractivity contribution in [3.8, 4) is 11.4 Å². The van der Waals surface area contributed by atoms with Crippen LogP contribution in [0.2, 0.25) is 0 Å². The molecule has 0 atom stereocenters. The summed E-state index contributed by atoms with van der Waals surface area (Å²) < 4.78 is 0. The van der Waals surface area contributed by atoms with Gasteiger partial charge in [0.15, 0.2) is 0 Å². The highest BCUT2D eigenvalue weighted by molar-refractivity contribution is 6.04. The van der Waals surface area contributed by atoms with Gasteiger partial charge in [0.05, 0.1) is 11.1 Å². The minimum absolute atomic E-state index is 0.129. The normalized spacial score (nSPS) is 10.7. The molecule has 166 valence electrons. The first kappa shape index (κ1) is 21.8. The van der Waals surface area contributed by atoms with Crippen molar-refractivity contribution in [1.29, 1.82) is 0 Å². The van der Waals surface area contributed by atoms with Crippen LogP contribution in [0, 0.1) is 0 Å². The number of aromatic nitrogens is 2. The van der Waals surface area contributed by atoms with Crippen molar-refractivity contribution in [3.05, 3.63) is 78.4 Å². The molecule has 0 saturated carbocycles. The Morgan fingerprint density at radius 1 is 0.818 bits per heavy atom. The summed E-state index contributed by atoms with van der Waals surface area (Å²) >= 11 is 0. The van der Waals surface area contributed by atoms with Gasteiger partial charge in [-0.2, -0.15) is 0 Å². The minimum atomic E-state index is -0.544. The van der Waals surface area contributed by atoms with Crippen LogP contribution in [0.15, 0.2) is 72.8 Å². The quantitative estimate of drug-likeness (QED) is 0.328. The number of amides is 3. The van der Waals surface area contributed by atoms with Crippen molar-refractivity contribution in [2.75, 3.05) is 10.6 Å². The lowest BCUT2D eigenvalue weighted by Gasteiger charge is -2.07. The number of benzene rings is 3. The van der Waals surface area contributed by atoms with Crippen molar-refractivity contribution < 1.29 is 14.4 Å². The number of aromatic amines is 1. The molecule has 0 saturated heterocycles. The van der Waals surface area contributed by atoms with Crippen molar-refractivity contribution >= 4 is 40.1 Å². The fraction of sp³-hybridized carbons (Fsp3) is 0.120. The lowest BCUT2D eigenvalue weighted by atomic mass is 10.1. The SMILES string of the molecule is NC(=O)c1cccc2[nH]c(-c3cccc(NC(=O)CCCC(=O)Nc4ccccc4)c3)nc12. The average molecular weight is 441 g/mol. The number of hydrogen-bond donors (Lipinski definition) is 4. The van der Waals surface area contributed by atoms with E-state index in [1.807, 2.05) is 42.5 Å². The second-order valence-electron chi connectivity index (χ2n) is 7.55. The Morgan fingerprint density at radius 2 is 1.48 bits per heavy atom. The Labute approximate surface area is 190 Å². The second kappa shape index (κ2) is 9.78. The Kier molecular flexibility index (Phi) is 6.45. The molecule has 0 aliphatic carbocycles. The maximum absolute atomic E-state index is 12.3. The zero-order valence-corrected chi connectivity index (χ0v) is 17.8. The van der Waals surface area contributed by atoms with Gasteiger partial charge in [-0.05, 0) is 42.8 Å². The lowest BCUT2D eigenvalue weighted by molar-refractivity contribution is -0.117. The number of rotatable bonds is 8. The van der Waals surface area contributed by atoms with E-state index in [-0.39, 0.29) is 24.7 Å². The van der Waals surface area contributed by atoms with E-state index < -0.39 is 5.91 Å². The fourth-order valence-electron chi connectivity index (χ4n) is 3.49. The van der Waals surface area contributed by atoms with E-state index >= 15 is 0 Å². The molecule has 3 amide bonds. The van der Waals surface area contributed by atoms with Crippen LogP contribution in [0.4, 0.5) is 11.4 Å². The number of nitrogens with one attached hydrogen (secondary N) is 3. The number of primary amides is 1. The first-order chi connectivity index (χ1) is 16.0. The predicted molar refractivity (Wildman–Crippen MR) is 128 cm³/mol. The maximum Gasteiger partial charge on any atom is 0.250 e. The zero-order chi connectivity index (χ0) is 23.2. The van der Waals surface area contributed by atoms with Crippen molar-refractivity contribution in [1.82, 2.24) is 9.97 Å². The van der Waals surface area contributed by atoms with E-state index in [1.54, 1.807) is 30.3 Å². The Morgan fingerprint density at radius 3 is 2.21 bits per heavy atom. The van der Waals surface area contributed by atoms with Gasteiger partial charge in [-0.15, -0.1) is 0 Å². The number of fused-ring (bicyclic) bond motifs is 1. The molecule has 1 heterocycles. The van der Waals surface area contributed by atoms with Crippen LogP contribution in [0.1, 0.15) is 29.6 Å². The Hall–Kier alpha value is -4.46. The van der Waals surface area contributed by atoms with E-state index in [1.165, 1.54) is 0 Å². The van der Waals surface area contributed by atoms with Gasteiger partial charge in [0.25, 0.3) is 5.91 Å². The van der Waals surface area contributed by atoms with Crippen LogP contribution in [0.3, 0.4) is 0 Å². The highest BCUT2D eigenvalue weighted by Crippen LogP contribution is 2.25. The minimum Gasteiger partial charge on any atom is -0.366 e. The van der Waals surface area contributed by atoms with Crippen LogP contribution >= 0.6 is 0 Å². The predicted octanol–water partition coefficient (Wildman–Crippen LogP) is 4.08. The van der Waals surface area contributed by atoms with Crippen molar-refractivity contribution in [2.24, 2.45) is 5.73 Å². The molecule has 4 aromatic rings. The summed E-state index contributed by atoms with van der Waals surface area (Å²) in [6.07, 6.45) is 0.909. The molecule has 0 spiro atoms. The van der Waals surface area contributed by atoms with Gasteiger partial charge >= 0.3 is 0 Å². The highest BCUT2D eigenvalue weighted by Gasteiger charge is 2.13. The molecule has 8 nitrogen and oxygen atoms in total. The van der Waals surface area contributed by atoms with Crippen LogP contribution in [-0.4, -0.2) is 27.7 Å². The van der Waals surface area contributed by atoms with E-state index in [4.69, 9.17) is 5.73 Å². The van der Waals surface area contributed by atoms with E-state index in [9.17, 15) is 14.4 Å². The third-order valence-electron chi connectivity index (χ3n) is 5.06. The van der Waals surface area contributed by atoms with Crippen molar-refractivity contribution in [2.45, 2.75) is 19.3 Å². The van der Waals surface area contributed by atoms with E-state index in [0.29, 0.717) is 34.5 Å². The summed E-state index contributed by atoms with van der Waals surface area (Å²) in [4.78, 5) is 43.7. The Bertz CT molecular complexity index is 1310. The van der Waals surface area contributed by atoms with Crippen molar-refractivity contribution in [3.63, 3.8) is 0 Å². The topological polar surface area (TPSA) is 130 Å². The first-order valence-corrected chi connectivity index (χ1v) is 10.5. The molecule has 33 heavy (non-hydrogen) atoms. The molecule has 0 bridgehead atoms. The molecular formula is C25H23N5O3. The third kappa shape index (κ3) is 5.43. The number of anilines is 2. The molecule has 8 heteroatoms. The molecular weight excluding hydrogens is 418 g/mol. The standard InChI is InChI=1S/C25H23N5O3/c26-24(33)19-11-5-12-20-23(19)30-25(29-20)16-7-4-10-18(15-16)28-22(32)14-6-13-21(31)27-17-8-2-1-3-9-17/h1-5,7-12,15H,6,13-14H2,(H2,26,33)(H,27,31)(H,28,32)(H,29,30). The van der Waals surface area contributed by atoms with Crippen LogP contribution in [-0.2, 0) is 9.59 Å². The molecule has 0 radical (unpaired) electrons. The lowest BCUT2D eigenvalue weighted by Crippen LogP contribution is -2.14. The number of nitrogens with two attached hydrogens (primary N) is 1. The number of carbonyl (C=O) groups is 3. The summed E-state index contributed by atoms with van der Waals surface area (Å²) in [5.41, 5.74) is 9.08. The maximum atomic E-state index is 12.3. The highest BCUT2D eigenvalue weighted by atomic mass is 16.2. The van der Waals surface area contributed by atoms with Gasteiger partial charge in [-0.1, -0.05) is 36.4 Å². The van der Waals surface area contributed by atoms with Gasteiger partial charge in [0, 0.05) is 29.8 Å². The van der Waals surface area contributed by atoms with Gasteiger partial charge in [-0.25, -0.2) is 4.98 Å². The summed E-state index contributed by atoms with van der Waals surface area (Å²) in [5, 5.41) is 5.66. The third-order valence-corrected chi connectivity index (χ3v) is 5.06. The second-order valence-corrected chi connectivity index (χ2v) is 7.55. The van der Waals surface area contributed by atoms with Gasteiger partial charge < -0.3 is 21.4 Å². The number of para-hydroxylation sites is 2. The number of nitrogens with zero attached hydrogens (tertiary/aromatic N) is 1. The zero-order valence-electron chi connectivity index (χ0n) is 17.8. The largest absolute Gasteiger partial charge is 0.366 e. The molecule has 4 rings (SSSR count). The van der Waals surface area contributed by atoms with Crippen LogP contribution < -0.4 is 16.4 Å². The molecule has 3 aromatic carbocycles. The number of imidazole rings is 1. The Balaban J connectivity index is 1.36.